The van der Waals surface area contributed by atoms with Crippen molar-refractivity contribution in [2.24, 2.45) is 0 Å². The van der Waals surface area contributed by atoms with Gasteiger partial charge in [-0.3, -0.25) is 0 Å². The highest BCUT2D eigenvalue weighted by Gasteiger charge is 2.12. The molecule has 2 N–H and O–H groups in total. The van der Waals surface area contributed by atoms with Gasteiger partial charge in [0.1, 0.15) is 11.5 Å². The van der Waals surface area contributed by atoms with Crippen LogP contribution in [0.15, 0.2) is 18.2 Å². The molecule has 1 aromatic carbocycles. The summed E-state index contributed by atoms with van der Waals surface area (Å²) in [6.45, 7) is 0. The summed E-state index contributed by atoms with van der Waals surface area (Å²) in [7, 11) is 0. The maximum Gasteiger partial charge on any atom is 0.352 e. The Labute approximate surface area is 83.1 Å². The summed E-state index contributed by atoms with van der Waals surface area (Å²) < 4.78 is 13.2. The number of rotatable bonds is 1. The Kier molecular flexibility index (Phi) is 1.93. The summed E-state index contributed by atoms with van der Waals surface area (Å²) in [5.74, 6) is -1.63. The highest BCUT2D eigenvalue weighted by Crippen LogP contribution is 2.25. The fourth-order valence-electron chi connectivity index (χ4n) is 1.27. The van der Waals surface area contributed by atoms with Gasteiger partial charge < -0.3 is 10.1 Å². The van der Waals surface area contributed by atoms with Crippen LogP contribution in [0.1, 0.15) is 10.5 Å². The minimum Gasteiger partial charge on any atom is -0.477 e. The van der Waals surface area contributed by atoms with E-state index in [0.29, 0.717) is 10.5 Å². The molecular formula is C9H5ClFNO2. The molecule has 2 aromatic rings. The zero-order chi connectivity index (χ0) is 10.3. The van der Waals surface area contributed by atoms with Crippen molar-refractivity contribution in [2.45, 2.75) is 0 Å². The van der Waals surface area contributed by atoms with E-state index in [2.05, 4.69) is 4.98 Å². The SMILES string of the molecule is O=C(O)c1cc2c(F)ccc(Cl)c2[nH]1. The number of hydrogen-bond acceptors (Lipinski definition) is 1. The third kappa shape index (κ3) is 1.24. The first kappa shape index (κ1) is 9.02. The lowest BCUT2D eigenvalue weighted by atomic mass is 10.2. The minimum absolute atomic E-state index is 0.0769. The number of carboxylic acids is 1. The number of aromatic nitrogens is 1. The number of nitrogens with one attached hydrogen (secondary N) is 1. The Morgan fingerprint density at radius 1 is 1.50 bits per heavy atom. The van der Waals surface area contributed by atoms with Crippen molar-refractivity contribution >= 4 is 28.5 Å². The van der Waals surface area contributed by atoms with Crippen LogP contribution < -0.4 is 0 Å². The Morgan fingerprint density at radius 3 is 2.79 bits per heavy atom. The van der Waals surface area contributed by atoms with Gasteiger partial charge in [0.2, 0.25) is 0 Å². The zero-order valence-electron chi connectivity index (χ0n) is 6.84. The van der Waals surface area contributed by atoms with Crippen molar-refractivity contribution in [1.29, 1.82) is 0 Å². The van der Waals surface area contributed by atoms with E-state index >= 15 is 0 Å². The molecule has 72 valence electrons. The standard InChI is InChI=1S/C9H5ClFNO2/c10-5-1-2-6(11)4-3-7(9(13)14)12-8(4)5/h1-3,12H,(H,13,14). The molecule has 0 saturated carbocycles. The van der Waals surface area contributed by atoms with E-state index in [0.717, 1.165) is 0 Å². The highest BCUT2D eigenvalue weighted by molar-refractivity contribution is 6.35. The molecule has 0 fully saturated rings. The van der Waals surface area contributed by atoms with Crippen LogP contribution in [0.5, 0.6) is 0 Å². The molecule has 0 bridgehead atoms. The minimum atomic E-state index is -1.14. The number of hydrogen-bond donors (Lipinski definition) is 2. The number of aromatic carboxylic acids is 1. The van der Waals surface area contributed by atoms with Crippen LogP contribution in [0.2, 0.25) is 5.02 Å². The summed E-state index contributed by atoms with van der Waals surface area (Å²) in [5.41, 5.74) is 0.232. The molecule has 0 amide bonds. The molecule has 5 heteroatoms. The molecular weight excluding hydrogens is 209 g/mol. The van der Waals surface area contributed by atoms with Gasteiger partial charge in [0.15, 0.2) is 0 Å². The van der Waals surface area contributed by atoms with Crippen LogP contribution in [0, 0.1) is 5.82 Å². The van der Waals surface area contributed by atoms with E-state index in [1.165, 1.54) is 18.2 Å². The molecule has 0 spiro atoms. The van der Waals surface area contributed by atoms with Crippen molar-refractivity contribution < 1.29 is 14.3 Å². The molecule has 0 atom stereocenters. The Hall–Kier alpha value is -1.55. The number of fused-ring (bicyclic) bond motifs is 1. The fourth-order valence-corrected chi connectivity index (χ4v) is 1.48. The van der Waals surface area contributed by atoms with Crippen LogP contribution in [0.4, 0.5) is 4.39 Å². The van der Waals surface area contributed by atoms with Gasteiger partial charge in [-0.05, 0) is 18.2 Å². The smallest absolute Gasteiger partial charge is 0.352 e. The Bertz CT molecular complexity index is 482. The number of H-pyrrole nitrogens is 1. The Balaban J connectivity index is 2.82. The second kappa shape index (κ2) is 2.99. The third-order valence-electron chi connectivity index (χ3n) is 1.92. The topological polar surface area (TPSA) is 53.1 Å². The van der Waals surface area contributed by atoms with Crippen molar-refractivity contribution in [1.82, 2.24) is 4.98 Å². The molecule has 1 heterocycles. The second-order valence-corrected chi connectivity index (χ2v) is 3.21. The molecule has 0 aliphatic carbocycles. The molecule has 0 saturated heterocycles. The molecule has 2 rings (SSSR count). The molecule has 14 heavy (non-hydrogen) atoms. The maximum absolute atomic E-state index is 13.2. The van der Waals surface area contributed by atoms with E-state index in [9.17, 15) is 9.18 Å². The average molecular weight is 214 g/mol. The van der Waals surface area contributed by atoms with E-state index < -0.39 is 11.8 Å². The lowest BCUT2D eigenvalue weighted by Crippen LogP contribution is -1.94. The van der Waals surface area contributed by atoms with Crippen LogP contribution in [0.3, 0.4) is 0 Å². The fraction of sp³-hybridized carbons (Fsp3) is 0. The third-order valence-corrected chi connectivity index (χ3v) is 2.24. The first-order valence-corrected chi connectivity index (χ1v) is 4.17. The monoisotopic (exact) mass is 213 g/mol. The largest absolute Gasteiger partial charge is 0.477 e. The first-order valence-electron chi connectivity index (χ1n) is 3.79. The molecule has 0 radical (unpaired) electrons. The predicted molar refractivity (Wildman–Crippen MR) is 50.2 cm³/mol. The summed E-state index contributed by atoms with van der Waals surface area (Å²) in [4.78, 5) is 13.1. The molecule has 3 nitrogen and oxygen atoms in total. The van der Waals surface area contributed by atoms with E-state index in [-0.39, 0.29) is 11.1 Å². The van der Waals surface area contributed by atoms with Gasteiger partial charge in [0.25, 0.3) is 0 Å². The van der Waals surface area contributed by atoms with Gasteiger partial charge in [-0.25, -0.2) is 9.18 Å². The van der Waals surface area contributed by atoms with Crippen LogP contribution >= 0.6 is 11.6 Å². The summed E-state index contributed by atoms with van der Waals surface area (Å²) >= 11 is 5.76. The molecule has 0 unspecified atom stereocenters. The number of carboxylic acid groups (broad SMARTS) is 1. The number of halogens is 2. The predicted octanol–water partition coefficient (Wildman–Crippen LogP) is 2.66. The maximum atomic E-state index is 13.2. The summed E-state index contributed by atoms with van der Waals surface area (Å²) in [6.07, 6.45) is 0. The number of aromatic amines is 1. The first-order chi connectivity index (χ1) is 6.59. The van der Waals surface area contributed by atoms with Crippen LogP contribution in [-0.4, -0.2) is 16.1 Å². The van der Waals surface area contributed by atoms with Gasteiger partial charge in [-0.15, -0.1) is 0 Å². The quantitative estimate of drug-likeness (QED) is 0.765. The van der Waals surface area contributed by atoms with Gasteiger partial charge in [0, 0.05) is 5.39 Å². The van der Waals surface area contributed by atoms with Crippen LogP contribution in [-0.2, 0) is 0 Å². The zero-order valence-corrected chi connectivity index (χ0v) is 7.60. The molecule has 0 aliphatic rings. The lowest BCUT2D eigenvalue weighted by molar-refractivity contribution is 0.0691. The van der Waals surface area contributed by atoms with E-state index in [4.69, 9.17) is 16.7 Å². The van der Waals surface area contributed by atoms with Gasteiger partial charge in [-0.1, -0.05) is 11.6 Å². The Morgan fingerprint density at radius 2 is 2.21 bits per heavy atom. The van der Waals surface area contributed by atoms with Crippen molar-refractivity contribution in [2.75, 3.05) is 0 Å². The van der Waals surface area contributed by atoms with E-state index in [1.807, 2.05) is 0 Å². The van der Waals surface area contributed by atoms with Gasteiger partial charge in [0.05, 0.1) is 10.5 Å². The van der Waals surface area contributed by atoms with Crippen LogP contribution in [0.25, 0.3) is 10.9 Å². The number of carbonyl (C=O) groups is 1. The normalized spacial score (nSPS) is 10.7. The van der Waals surface area contributed by atoms with Crippen molar-refractivity contribution in [3.8, 4) is 0 Å². The molecule has 1 aromatic heterocycles. The van der Waals surface area contributed by atoms with E-state index in [1.54, 1.807) is 0 Å². The lowest BCUT2D eigenvalue weighted by Gasteiger charge is -1.93. The molecule has 0 aliphatic heterocycles. The van der Waals surface area contributed by atoms with Crippen molar-refractivity contribution in [3.63, 3.8) is 0 Å². The second-order valence-electron chi connectivity index (χ2n) is 2.81. The summed E-state index contributed by atoms with van der Waals surface area (Å²) in [5, 5.41) is 9.16. The van der Waals surface area contributed by atoms with Gasteiger partial charge in [-0.2, -0.15) is 0 Å². The van der Waals surface area contributed by atoms with Crippen molar-refractivity contribution in [3.05, 3.63) is 34.7 Å². The number of benzene rings is 1. The van der Waals surface area contributed by atoms with Gasteiger partial charge >= 0.3 is 5.97 Å². The average Bonchev–Trinajstić information content (AvgIpc) is 2.57. The summed E-state index contributed by atoms with van der Waals surface area (Å²) in [6, 6.07) is 3.80. The highest BCUT2D eigenvalue weighted by atomic mass is 35.5.